The van der Waals surface area contributed by atoms with E-state index in [4.69, 9.17) is 9.47 Å². The SMILES string of the molecule is COc1cc(C=CCNCC(C)C)ccc1OC(C)C. The normalized spacial score (nSPS) is 11.6. The van der Waals surface area contributed by atoms with Gasteiger partial charge in [-0.05, 0) is 44.0 Å². The van der Waals surface area contributed by atoms with Crippen LogP contribution in [0.4, 0.5) is 0 Å². The van der Waals surface area contributed by atoms with Gasteiger partial charge < -0.3 is 14.8 Å². The Morgan fingerprint density at radius 3 is 2.50 bits per heavy atom. The molecular formula is C17H27NO2. The number of methoxy groups -OCH3 is 1. The topological polar surface area (TPSA) is 30.5 Å². The second-order valence-corrected chi connectivity index (χ2v) is 5.53. The van der Waals surface area contributed by atoms with Crippen LogP contribution in [0.3, 0.4) is 0 Å². The molecule has 0 bridgehead atoms. The molecule has 3 heteroatoms. The van der Waals surface area contributed by atoms with Gasteiger partial charge >= 0.3 is 0 Å². The maximum atomic E-state index is 5.70. The fourth-order valence-corrected chi connectivity index (χ4v) is 1.79. The van der Waals surface area contributed by atoms with Gasteiger partial charge in [0.1, 0.15) is 0 Å². The number of hydrogen-bond acceptors (Lipinski definition) is 3. The van der Waals surface area contributed by atoms with Crippen LogP contribution in [0.5, 0.6) is 11.5 Å². The van der Waals surface area contributed by atoms with Crippen molar-refractivity contribution in [3.05, 3.63) is 29.8 Å². The van der Waals surface area contributed by atoms with E-state index in [0.717, 1.165) is 30.2 Å². The van der Waals surface area contributed by atoms with Gasteiger partial charge in [-0.2, -0.15) is 0 Å². The molecule has 0 spiro atoms. The maximum Gasteiger partial charge on any atom is 0.161 e. The Morgan fingerprint density at radius 1 is 1.15 bits per heavy atom. The van der Waals surface area contributed by atoms with E-state index in [1.807, 2.05) is 32.0 Å². The van der Waals surface area contributed by atoms with Crippen LogP contribution < -0.4 is 14.8 Å². The van der Waals surface area contributed by atoms with Crippen LogP contribution in [0.2, 0.25) is 0 Å². The van der Waals surface area contributed by atoms with E-state index >= 15 is 0 Å². The molecule has 1 aromatic carbocycles. The molecule has 1 aromatic rings. The molecule has 0 radical (unpaired) electrons. The maximum absolute atomic E-state index is 5.70. The molecule has 0 heterocycles. The number of ether oxygens (including phenoxy) is 2. The van der Waals surface area contributed by atoms with Gasteiger partial charge in [-0.15, -0.1) is 0 Å². The van der Waals surface area contributed by atoms with E-state index in [1.165, 1.54) is 0 Å². The first kappa shape index (κ1) is 16.6. The molecule has 3 nitrogen and oxygen atoms in total. The molecule has 0 fully saturated rings. The molecule has 112 valence electrons. The van der Waals surface area contributed by atoms with Crippen LogP contribution >= 0.6 is 0 Å². The van der Waals surface area contributed by atoms with Gasteiger partial charge in [0.15, 0.2) is 11.5 Å². The van der Waals surface area contributed by atoms with Gasteiger partial charge in [0.05, 0.1) is 13.2 Å². The van der Waals surface area contributed by atoms with Gasteiger partial charge in [-0.1, -0.05) is 32.1 Å². The second kappa shape index (κ2) is 8.64. The van der Waals surface area contributed by atoms with Crippen molar-refractivity contribution in [1.82, 2.24) is 5.32 Å². The monoisotopic (exact) mass is 277 g/mol. The summed E-state index contributed by atoms with van der Waals surface area (Å²) in [5.41, 5.74) is 1.12. The zero-order valence-electron chi connectivity index (χ0n) is 13.3. The Balaban J connectivity index is 2.61. The number of nitrogens with one attached hydrogen (secondary N) is 1. The van der Waals surface area contributed by atoms with E-state index < -0.39 is 0 Å². The van der Waals surface area contributed by atoms with Gasteiger partial charge in [0.2, 0.25) is 0 Å². The minimum atomic E-state index is 0.144. The molecule has 1 rings (SSSR count). The summed E-state index contributed by atoms with van der Waals surface area (Å²) in [6.45, 7) is 10.3. The number of rotatable bonds is 8. The first-order chi connectivity index (χ1) is 9.52. The highest BCUT2D eigenvalue weighted by molar-refractivity contribution is 5.56. The van der Waals surface area contributed by atoms with Crippen molar-refractivity contribution in [3.8, 4) is 11.5 Å². The lowest BCUT2D eigenvalue weighted by Crippen LogP contribution is -2.19. The predicted octanol–water partition coefficient (Wildman–Crippen LogP) is 3.74. The summed E-state index contributed by atoms with van der Waals surface area (Å²) in [5, 5.41) is 3.38. The third-order valence-corrected chi connectivity index (χ3v) is 2.68. The number of hydrogen-bond donors (Lipinski definition) is 1. The van der Waals surface area contributed by atoms with Crippen LogP contribution in [-0.2, 0) is 0 Å². The average molecular weight is 277 g/mol. The first-order valence-electron chi connectivity index (χ1n) is 7.25. The van der Waals surface area contributed by atoms with E-state index in [2.05, 4.69) is 31.3 Å². The molecule has 0 aromatic heterocycles. The zero-order chi connectivity index (χ0) is 15.0. The van der Waals surface area contributed by atoms with Crippen LogP contribution in [0.25, 0.3) is 6.08 Å². The summed E-state index contributed by atoms with van der Waals surface area (Å²) in [4.78, 5) is 0. The molecule has 0 unspecified atom stereocenters. The lowest BCUT2D eigenvalue weighted by Gasteiger charge is -2.13. The molecular weight excluding hydrogens is 250 g/mol. The van der Waals surface area contributed by atoms with E-state index in [0.29, 0.717) is 5.92 Å². The van der Waals surface area contributed by atoms with Gasteiger partial charge in [0, 0.05) is 6.54 Å². The summed E-state index contributed by atoms with van der Waals surface area (Å²) in [5.74, 6) is 2.24. The molecule has 0 atom stereocenters. The lowest BCUT2D eigenvalue weighted by molar-refractivity contribution is 0.230. The summed E-state index contributed by atoms with van der Waals surface area (Å²) < 4.78 is 11.1. The van der Waals surface area contributed by atoms with Crippen molar-refractivity contribution in [2.45, 2.75) is 33.8 Å². The molecule has 0 aliphatic carbocycles. The van der Waals surface area contributed by atoms with E-state index in [-0.39, 0.29) is 6.10 Å². The standard InChI is InChI=1S/C17H27NO2/c1-13(2)12-18-10-6-7-15-8-9-16(20-14(3)4)17(11-15)19-5/h6-9,11,13-14,18H,10,12H2,1-5H3. The molecule has 0 aliphatic heterocycles. The van der Waals surface area contributed by atoms with Crippen LogP contribution in [0, 0.1) is 5.92 Å². The fourth-order valence-electron chi connectivity index (χ4n) is 1.79. The number of benzene rings is 1. The molecule has 20 heavy (non-hydrogen) atoms. The third-order valence-electron chi connectivity index (χ3n) is 2.68. The molecule has 0 saturated heterocycles. The Kier molecular flexibility index (Phi) is 7.16. The molecule has 0 aliphatic rings. The van der Waals surface area contributed by atoms with Crippen LogP contribution in [0.1, 0.15) is 33.3 Å². The van der Waals surface area contributed by atoms with Gasteiger partial charge in [-0.25, -0.2) is 0 Å². The molecule has 1 N–H and O–H groups in total. The predicted molar refractivity (Wildman–Crippen MR) is 85.5 cm³/mol. The van der Waals surface area contributed by atoms with Gasteiger partial charge in [0.25, 0.3) is 0 Å². The van der Waals surface area contributed by atoms with Crippen molar-refractivity contribution in [2.75, 3.05) is 20.2 Å². The minimum absolute atomic E-state index is 0.144. The Hall–Kier alpha value is -1.48. The molecule has 0 saturated carbocycles. The molecule has 0 amide bonds. The van der Waals surface area contributed by atoms with E-state index in [9.17, 15) is 0 Å². The van der Waals surface area contributed by atoms with Crippen molar-refractivity contribution in [2.24, 2.45) is 5.92 Å². The van der Waals surface area contributed by atoms with Crippen LogP contribution in [-0.4, -0.2) is 26.3 Å². The second-order valence-electron chi connectivity index (χ2n) is 5.53. The lowest BCUT2D eigenvalue weighted by atomic mass is 10.2. The van der Waals surface area contributed by atoms with Gasteiger partial charge in [-0.3, -0.25) is 0 Å². The van der Waals surface area contributed by atoms with Crippen molar-refractivity contribution < 1.29 is 9.47 Å². The van der Waals surface area contributed by atoms with Crippen molar-refractivity contribution >= 4 is 6.08 Å². The van der Waals surface area contributed by atoms with Crippen molar-refractivity contribution in [3.63, 3.8) is 0 Å². The Bertz CT molecular complexity index is 425. The summed E-state index contributed by atoms with van der Waals surface area (Å²) >= 11 is 0. The average Bonchev–Trinajstić information content (AvgIpc) is 2.38. The van der Waals surface area contributed by atoms with E-state index in [1.54, 1.807) is 7.11 Å². The zero-order valence-corrected chi connectivity index (χ0v) is 13.3. The quantitative estimate of drug-likeness (QED) is 0.734. The van der Waals surface area contributed by atoms with Crippen LogP contribution in [0.15, 0.2) is 24.3 Å². The summed E-state index contributed by atoms with van der Waals surface area (Å²) in [7, 11) is 1.67. The Labute approximate surface area is 123 Å². The highest BCUT2D eigenvalue weighted by Crippen LogP contribution is 2.29. The third kappa shape index (κ3) is 6.11. The van der Waals surface area contributed by atoms with Crippen molar-refractivity contribution in [1.29, 1.82) is 0 Å². The highest BCUT2D eigenvalue weighted by Gasteiger charge is 2.06. The largest absolute Gasteiger partial charge is 0.493 e. The first-order valence-corrected chi connectivity index (χ1v) is 7.25. The summed E-state index contributed by atoms with van der Waals surface area (Å²) in [6, 6.07) is 6.00. The summed E-state index contributed by atoms with van der Waals surface area (Å²) in [6.07, 6.45) is 4.36. The minimum Gasteiger partial charge on any atom is -0.493 e. The smallest absolute Gasteiger partial charge is 0.161 e. The highest BCUT2D eigenvalue weighted by atomic mass is 16.5. The Morgan fingerprint density at radius 2 is 1.90 bits per heavy atom. The fraction of sp³-hybridized carbons (Fsp3) is 0.529.